The molecule has 0 radical (unpaired) electrons. The van der Waals surface area contributed by atoms with Crippen molar-refractivity contribution in [3.8, 4) is 17.6 Å². The van der Waals surface area contributed by atoms with Crippen LogP contribution in [0.3, 0.4) is 0 Å². The molecule has 2 rings (SSSR count). The SMILES string of the molecule is CNC(=O)c1ccccc1C#CCNC(=O)COc1ccccc1. The van der Waals surface area contributed by atoms with E-state index in [1.165, 1.54) is 0 Å². The third-order valence-electron chi connectivity index (χ3n) is 3.11. The fourth-order valence-electron chi connectivity index (χ4n) is 1.92. The van der Waals surface area contributed by atoms with Crippen LogP contribution < -0.4 is 15.4 Å². The van der Waals surface area contributed by atoms with Crippen molar-refractivity contribution in [2.75, 3.05) is 20.2 Å². The molecule has 0 spiro atoms. The van der Waals surface area contributed by atoms with Crippen LogP contribution in [0.2, 0.25) is 0 Å². The predicted molar refractivity (Wildman–Crippen MR) is 91.7 cm³/mol. The fraction of sp³-hybridized carbons (Fsp3) is 0.158. The molecule has 2 aromatic rings. The number of benzene rings is 2. The Bertz CT molecular complexity index is 761. The molecule has 0 fully saturated rings. The van der Waals surface area contributed by atoms with Gasteiger partial charge in [0.25, 0.3) is 11.8 Å². The number of hydrogen-bond donors (Lipinski definition) is 2. The van der Waals surface area contributed by atoms with Gasteiger partial charge in [-0.05, 0) is 24.3 Å². The standard InChI is InChI=1S/C19H18N2O3/c1-20-19(23)17-12-6-5-8-15(17)9-7-13-21-18(22)14-24-16-10-3-2-4-11-16/h2-6,8,10-12H,13-14H2,1H3,(H,20,23)(H,21,22). The average Bonchev–Trinajstić information content (AvgIpc) is 2.64. The van der Waals surface area contributed by atoms with E-state index in [1.54, 1.807) is 37.4 Å². The molecule has 0 aliphatic rings. The number of ether oxygens (including phenoxy) is 1. The Kier molecular flexibility index (Phi) is 6.42. The molecule has 0 unspecified atom stereocenters. The van der Waals surface area contributed by atoms with Crippen LogP contribution in [0.25, 0.3) is 0 Å². The van der Waals surface area contributed by atoms with Crippen LogP contribution in [0, 0.1) is 11.8 Å². The summed E-state index contributed by atoms with van der Waals surface area (Å²) in [6, 6.07) is 16.2. The Morgan fingerprint density at radius 3 is 2.50 bits per heavy atom. The van der Waals surface area contributed by atoms with E-state index >= 15 is 0 Å². The number of carbonyl (C=O) groups excluding carboxylic acids is 2. The van der Waals surface area contributed by atoms with Gasteiger partial charge in [0.1, 0.15) is 5.75 Å². The summed E-state index contributed by atoms with van der Waals surface area (Å²) in [5.74, 6) is 5.91. The highest BCUT2D eigenvalue weighted by molar-refractivity contribution is 5.96. The first-order chi connectivity index (χ1) is 11.7. The fourth-order valence-corrected chi connectivity index (χ4v) is 1.92. The van der Waals surface area contributed by atoms with Crippen molar-refractivity contribution in [1.82, 2.24) is 10.6 Å². The monoisotopic (exact) mass is 322 g/mol. The summed E-state index contributed by atoms with van der Waals surface area (Å²) < 4.78 is 5.34. The molecule has 0 aliphatic carbocycles. The molecule has 2 aromatic carbocycles. The highest BCUT2D eigenvalue weighted by Crippen LogP contribution is 2.08. The zero-order valence-corrected chi connectivity index (χ0v) is 13.3. The van der Waals surface area contributed by atoms with E-state index in [1.807, 2.05) is 24.3 Å². The Morgan fingerprint density at radius 1 is 1.04 bits per heavy atom. The number of nitrogens with one attached hydrogen (secondary N) is 2. The van der Waals surface area contributed by atoms with E-state index < -0.39 is 0 Å². The van der Waals surface area contributed by atoms with E-state index in [9.17, 15) is 9.59 Å². The second-order valence-corrected chi connectivity index (χ2v) is 4.80. The van der Waals surface area contributed by atoms with Gasteiger partial charge in [0.15, 0.2) is 6.61 Å². The van der Waals surface area contributed by atoms with Crippen LogP contribution in [0.15, 0.2) is 54.6 Å². The van der Waals surface area contributed by atoms with Crippen molar-refractivity contribution >= 4 is 11.8 Å². The third-order valence-corrected chi connectivity index (χ3v) is 3.11. The lowest BCUT2D eigenvalue weighted by Crippen LogP contribution is -2.29. The lowest BCUT2D eigenvalue weighted by Gasteiger charge is -2.05. The minimum Gasteiger partial charge on any atom is -0.484 e. The predicted octanol–water partition coefficient (Wildman–Crippen LogP) is 1.59. The largest absolute Gasteiger partial charge is 0.484 e. The normalized spacial score (nSPS) is 9.38. The van der Waals surface area contributed by atoms with Gasteiger partial charge in [0.05, 0.1) is 12.1 Å². The van der Waals surface area contributed by atoms with E-state index in [-0.39, 0.29) is 25.0 Å². The lowest BCUT2D eigenvalue weighted by atomic mass is 10.1. The molecule has 0 atom stereocenters. The molecule has 0 saturated heterocycles. The van der Waals surface area contributed by atoms with E-state index in [0.29, 0.717) is 16.9 Å². The molecular formula is C19H18N2O3. The second-order valence-electron chi connectivity index (χ2n) is 4.80. The van der Waals surface area contributed by atoms with Crippen LogP contribution in [0.1, 0.15) is 15.9 Å². The van der Waals surface area contributed by atoms with E-state index in [0.717, 1.165) is 0 Å². The molecule has 0 saturated carbocycles. The number of carbonyl (C=O) groups is 2. The van der Waals surface area contributed by atoms with Crippen LogP contribution in [0.5, 0.6) is 5.75 Å². The number of amides is 2. The van der Waals surface area contributed by atoms with Gasteiger partial charge in [-0.1, -0.05) is 42.2 Å². The summed E-state index contributed by atoms with van der Waals surface area (Å²) >= 11 is 0. The van der Waals surface area contributed by atoms with Crippen LogP contribution in [-0.4, -0.2) is 32.0 Å². The van der Waals surface area contributed by atoms with Gasteiger partial charge in [-0.15, -0.1) is 0 Å². The first-order valence-corrected chi connectivity index (χ1v) is 7.45. The van der Waals surface area contributed by atoms with Crippen molar-refractivity contribution in [1.29, 1.82) is 0 Å². The quantitative estimate of drug-likeness (QED) is 0.822. The average molecular weight is 322 g/mol. The highest BCUT2D eigenvalue weighted by Gasteiger charge is 2.06. The summed E-state index contributed by atoms with van der Waals surface area (Å²) in [5.41, 5.74) is 1.12. The maximum absolute atomic E-state index is 11.7. The Balaban J connectivity index is 1.83. The van der Waals surface area contributed by atoms with Gasteiger partial charge >= 0.3 is 0 Å². The molecule has 2 amide bonds. The first kappa shape index (κ1) is 17.1. The molecule has 24 heavy (non-hydrogen) atoms. The zero-order valence-electron chi connectivity index (χ0n) is 13.3. The molecule has 0 heterocycles. The van der Waals surface area contributed by atoms with Gasteiger partial charge in [-0.2, -0.15) is 0 Å². The second kappa shape index (κ2) is 9.01. The van der Waals surface area contributed by atoms with Crippen LogP contribution >= 0.6 is 0 Å². The molecule has 5 nitrogen and oxygen atoms in total. The number of para-hydroxylation sites is 1. The van der Waals surface area contributed by atoms with E-state index in [4.69, 9.17) is 4.74 Å². The minimum absolute atomic E-state index is 0.0689. The summed E-state index contributed by atoms with van der Waals surface area (Å²) in [5, 5.41) is 5.22. The maximum Gasteiger partial charge on any atom is 0.258 e. The highest BCUT2D eigenvalue weighted by atomic mass is 16.5. The van der Waals surface area contributed by atoms with Crippen LogP contribution in [0.4, 0.5) is 0 Å². The summed E-state index contributed by atoms with van der Waals surface area (Å²) in [6.45, 7) is 0.111. The van der Waals surface area contributed by atoms with Crippen molar-refractivity contribution in [3.63, 3.8) is 0 Å². The zero-order chi connectivity index (χ0) is 17.2. The summed E-state index contributed by atoms with van der Waals surface area (Å²) in [7, 11) is 1.57. The Morgan fingerprint density at radius 2 is 1.75 bits per heavy atom. The first-order valence-electron chi connectivity index (χ1n) is 7.45. The smallest absolute Gasteiger partial charge is 0.258 e. The lowest BCUT2D eigenvalue weighted by molar-refractivity contribution is -0.122. The molecule has 2 N–H and O–H groups in total. The van der Waals surface area contributed by atoms with Gasteiger partial charge < -0.3 is 15.4 Å². The molecule has 5 heteroatoms. The molecule has 0 aromatic heterocycles. The summed E-state index contributed by atoms with van der Waals surface area (Å²) in [6.07, 6.45) is 0. The Labute approximate surface area is 141 Å². The van der Waals surface area contributed by atoms with Crippen molar-refractivity contribution in [2.24, 2.45) is 0 Å². The summed E-state index contributed by atoms with van der Waals surface area (Å²) in [4.78, 5) is 23.4. The molecular weight excluding hydrogens is 304 g/mol. The maximum atomic E-state index is 11.7. The number of rotatable bonds is 5. The van der Waals surface area contributed by atoms with Crippen LogP contribution in [-0.2, 0) is 4.79 Å². The van der Waals surface area contributed by atoms with Gasteiger partial charge in [-0.3, -0.25) is 9.59 Å². The van der Waals surface area contributed by atoms with Crippen molar-refractivity contribution < 1.29 is 14.3 Å². The van der Waals surface area contributed by atoms with Gasteiger partial charge in [0, 0.05) is 12.6 Å². The Hall–Kier alpha value is -3.26. The minimum atomic E-state index is -0.257. The molecule has 0 bridgehead atoms. The molecule has 0 aliphatic heterocycles. The van der Waals surface area contributed by atoms with Gasteiger partial charge in [-0.25, -0.2) is 0 Å². The topological polar surface area (TPSA) is 67.4 Å². The number of hydrogen-bond acceptors (Lipinski definition) is 3. The molecule has 122 valence electrons. The van der Waals surface area contributed by atoms with E-state index in [2.05, 4.69) is 22.5 Å². The van der Waals surface area contributed by atoms with Gasteiger partial charge in [0.2, 0.25) is 0 Å². The van der Waals surface area contributed by atoms with Crippen molar-refractivity contribution in [2.45, 2.75) is 0 Å². The third kappa shape index (κ3) is 5.18. The van der Waals surface area contributed by atoms with Crippen molar-refractivity contribution in [3.05, 3.63) is 65.7 Å².